The summed E-state index contributed by atoms with van der Waals surface area (Å²) >= 11 is 0. The molecule has 2 aromatic rings. The minimum atomic E-state index is -0.202. The summed E-state index contributed by atoms with van der Waals surface area (Å²) in [6.07, 6.45) is 0.926. The fourth-order valence-electron chi connectivity index (χ4n) is 2.14. The van der Waals surface area contributed by atoms with E-state index in [0.29, 0.717) is 0 Å². The van der Waals surface area contributed by atoms with Crippen LogP contribution in [0.1, 0.15) is 18.1 Å². The first-order valence-corrected chi connectivity index (χ1v) is 7.59. The molecule has 0 saturated carbocycles. The lowest BCUT2D eigenvalue weighted by Gasteiger charge is -2.07. The number of nitrogens with one attached hydrogen (secondary N) is 2. The minimum absolute atomic E-state index is 0. The third kappa shape index (κ3) is 6.57. The van der Waals surface area contributed by atoms with E-state index < -0.39 is 0 Å². The van der Waals surface area contributed by atoms with Crippen LogP contribution in [0.15, 0.2) is 53.5 Å². The molecule has 1 amide bonds. The third-order valence-corrected chi connectivity index (χ3v) is 3.30. The van der Waals surface area contributed by atoms with Crippen molar-refractivity contribution in [1.29, 1.82) is 0 Å². The van der Waals surface area contributed by atoms with Gasteiger partial charge in [0.15, 0.2) is 5.96 Å². The van der Waals surface area contributed by atoms with E-state index in [1.807, 2.05) is 55.5 Å². The fraction of sp³-hybridized carbons (Fsp3) is 0.222. The number of amides is 1. The summed E-state index contributed by atoms with van der Waals surface area (Å²) < 4.78 is 0. The number of guanidine groups is 1. The zero-order valence-electron chi connectivity index (χ0n) is 13.9. The SMILES string of the molecule is CCc1cccc(NC(=O)CN=C(N)Nc2cccc(C)c2)c1.I. The van der Waals surface area contributed by atoms with Gasteiger partial charge >= 0.3 is 0 Å². The van der Waals surface area contributed by atoms with Gasteiger partial charge in [0.05, 0.1) is 0 Å². The highest BCUT2D eigenvalue weighted by atomic mass is 127. The van der Waals surface area contributed by atoms with Crippen molar-refractivity contribution in [3.63, 3.8) is 0 Å². The summed E-state index contributed by atoms with van der Waals surface area (Å²) in [4.78, 5) is 16.0. The standard InChI is InChI=1S/C18H22N4O.HI/c1-3-14-7-5-9-16(11-14)21-17(23)12-20-18(19)22-15-8-4-6-13(2)10-15;/h4-11H,3,12H2,1-2H3,(H,21,23)(H3,19,20,22);1H. The largest absolute Gasteiger partial charge is 0.370 e. The molecule has 2 aromatic carbocycles. The number of halogens is 1. The van der Waals surface area contributed by atoms with Crippen LogP contribution >= 0.6 is 24.0 Å². The molecule has 0 atom stereocenters. The van der Waals surface area contributed by atoms with Crippen molar-refractivity contribution in [1.82, 2.24) is 0 Å². The van der Waals surface area contributed by atoms with Gasteiger partial charge in [-0.15, -0.1) is 24.0 Å². The van der Waals surface area contributed by atoms with E-state index in [2.05, 4.69) is 22.5 Å². The van der Waals surface area contributed by atoms with Gasteiger partial charge in [0, 0.05) is 11.4 Å². The molecular weight excluding hydrogens is 415 g/mol. The predicted molar refractivity (Wildman–Crippen MR) is 111 cm³/mol. The highest BCUT2D eigenvalue weighted by Gasteiger charge is 2.03. The lowest BCUT2D eigenvalue weighted by molar-refractivity contribution is -0.114. The van der Waals surface area contributed by atoms with E-state index in [9.17, 15) is 4.79 Å². The Morgan fingerprint density at radius 3 is 2.42 bits per heavy atom. The average molecular weight is 438 g/mol. The van der Waals surface area contributed by atoms with E-state index in [4.69, 9.17) is 5.73 Å². The van der Waals surface area contributed by atoms with Gasteiger partial charge < -0.3 is 16.4 Å². The monoisotopic (exact) mass is 438 g/mol. The summed E-state index contributed by atoms with van der Waals surface area (Å²) in [5.74, 6) is 0.0142. The average Bonchev–Trinajstić information content (AvgIpc) is 2.53. The Morgan fingerprint density at radius 2 is 1.75 bits per heavy atom. The third-order valence-electron chi connectivity index (χ3n) is 3.30. The lowest BCUT2D eigenvalue weighted by Crippen LogP contribution is -2.25. The van der Waals surface area contributed by atoms with Gasteiger partial charge in [-0.05, 0) is 48.7 Å². The van der Waals surface area contributed by atoms with Crippen LogP contribution in [-0.2, 0) is 11.2 Å². The summed E-state index contributed by atoms with van der Waals surface area (Å²) in [5.41, 5.74) is 9.72. The first kappa shape index (κ1) is 20.0. The maximum absolute atomic E-state index is 11.9. The smallest absolute Gasteiger partial charge is 0.246 e. The maximum Gasteiger partial charge on any atom is 0.246 e. The molecule has 128 valence electrons. The number of hydrogen-bond acceptors (Lipinski definition) is 2. The molecule has 0 heterocycles. The summed E-state index contributed by atoms with van der Waals surface area (Å²) in [7, 11) is 0. The van der Waals surface area contributed by atoms with E-state index in [1.165, 1.54) is 5.56 Å². The summed E-state index contributed by atoms with van der Waals surface area (Å²) in [6.45, 7) is 4.04. The lowest BCUT2D eigenvalue weighted by atomic mass is 10.1. The molecular formula is C18H23IN4O. The van der Waals surface area contributed by atoms with Gasteiger partial charge in [0.1, 0.15) is 6.54 Å². The second kappa shape index (κ2) is 9.92. The Morgan fingerprint density at radius 1 is 1.08 bits per heavy atom. The van der Waals surface area contributed by atoms with Crippen molar-refractivity contribution >= 4 is 47.2 Å². The van der Waals surface area contributed by atoms with Gasteiger partial charge in [-0.1, -0.05) is 31.2 Å². The van der Waals surface area contributed by atoms with Crippen LogP contribution in [0.3, 0.4) is 0 Å². The molecule has 0 aliphatic rings. The van der Waals surface area contributed by atoms with Crippen LogP contribution in [0.25, 0.3) is 0 Å². The molecule has 2 rings (SSSR count). The van der Waals surface area contributed by atoms with Crippen LogP contribution in [0.2, 0.25) is 0 Å². The molecule has 0 fully saturated rings. The van der Waals surface area contributed by atoms with Gasteiger partial charge in [-0.2, -0.15) is 0 Å². The molecule has 4 N–H and O–H groups in total. The van der Waals surface area contributed by atoms with Crippen LogP contribution in [0, 0.1) is 6.92 Å². The van der Waals surface area contributed by atoms with Crippen molar-refractivity contribution < 1.29 is 4.79 Å². The van der Waals surface area contributed by atoms with Crippen molar-refractivity contribution in [2.24, 2.45) is 10.7 Å². The Hall–Kier alpha value is -2.09. The summed E-state index contributed by atoms with van der Waals surface area (Å²) in [6, 6.07) is 15.5. The first-order chi connectivity index (χ1) is 11.1. The fourth-order valence-corrected chi connectivity index (χ4v) is 2.14. The number of carbonyl (C=O) groups excluding carboxylic acids is 1. The van der Waals surface area contributed by atoms with E-state index in [0.717, 1.165) is 23.4 Å². The first-order valence-electron chi connectivity index (χ1n) is 7.59. The molecule has 0 bridgehead atoms. The number of nitrogens with two attached hydrogens (primary N) is 1. The molecule has 0 spiro atoms. The predicted octanol–water partition coefficient (Wildman–Crippen LogP) is 3.54. The Labute approximate surface area is 159 Å². The van der Waals surface area contributed by atoms with Crippen molar-refractivity contribution in [3.05, 3.63) is 59.7 Å². The zero-order chi connectivity index (χ0) is 16.7. The maximum atomic E-state index is 11.9. The van der Waals surface area contributed by atoms with E-state index in [-0.39, 0.29) is 42.4 Å². The number of rotatable bonds is 5. The molecule has 0 aromatic heterocycles. The number of carbonyl (C=O) groups is 1. The molecule has 0 aliphatic heterocycles. The molecule has 6 heteroatoms. The Bertz CT molecular complexity index is 716. The number of nitrogens with zero attached hydrogens (tertiary/aromatic N) is 1. The highest BCUT2D eigenvalue weighted by molar-refractivity contribution is 14.0. The van der Waals surface area contributed by atoms with E-state index >= 15 is 0 Å². The Balaban J connectivity index is 0.00000288. The highest BCUT2D eigenvalue weighted by Crippen LogP contribution is 2.11. The number of anilines is 2. The number of benzene rings is 2. The number of hydrogen-bond donors (Lipinski definition) is 3. The minimum Gasteiger partial charge on any atom is -0.370 e. The normalized spacial score (nSPS) is 10.7. The second-order valence-electron chi connectivity index (χ2n) is 5.30. The number of aliphatic imine (C=N–C) groups is 1. The van der Waals surface area contributed by atoms with Crippen LogP contribution < -0.4 is 16.4 Å². The molecule has 5 nitrogen and oxygen atoms in total. The molecule has 0 saturated heterocycles. The van der Waals surface area contributed by atoms with Gasteiger partial charge in [-0.3, -0.25) is 4.79 Å². The topological polar surface area (TPSA) is 79.5 Å². The van der Waals surface area contributed by atoms with Gasteiger partial charge in [0.25, 0.3) is 0 Å². The van der Waals surface area contributed by atoms with Crippen LogP contribution in [0.5, 0.6) is 0 Å². The molecule has 0 aliphatic carbocycles. The van der Waals surface area contributed by atoms with Crippen molar-refractivity contribution in [2.75, 3.05) is 17.2 Å². The van der Waals surface area contributed by atoms with E-state index in [1.54, 1.807) is 0 Å². The second-order valence-corrected chi connectivity index (χ2v) is 5.30. The number of aryl methyl sites for hydroxylation is 2. The summed E-state index contributed by atoms with van der Waals surface area (Å²) in [5, 5.41) is 5.78. The quantitative estimate of drug-likeness (QED) is 0.380. The van der Waals surface area contributed by atoms with Gasteiger partial charge in [0.2, 0.25) is 5.91 Å². The van der Waals surface area contributed by atoms with Gasteiger partial charge in [-0.25, -0.2) is 4.99 Å². The Kier molecular flexibility index (Phi) is 8.25. The zero-order valence-corrected chi connectivity index (χ0v) is 16.2. The molecule has 24 heavy (non-hydrogen) atoms. The van der Waals surface area contributed by atoms with Crippen molar-refractivity contribution in [3.8, 4) is 0 Å². The van der Waals surface area contributed by atoms with Crippen LogP contribution in [-0.4, -0.2) is 18.4 Å². The molecule has 0 unspecified atom stereocenters. The molecule has 0 radical (unpaired) electrons. The van der Waals surface area contributed by atoms with Crippen LogP contribution in [0.4, 0.5) is 11.4 Å². The van der Waals surface area contributed by atoms with Crippen molar-refractivity contribution in [2.45, 2.75) is 20.3 Å².